The van der Waals surface area contributed by atoms with Crippen LogP contribution in [0.2, 0.25) is 5.02 Å². The quantitative estimate of drug-likeness (QED) is 0.587. The molecule has 3 rings (SSSR count). The number of hydrogen-bond donors (Lipinski definition) is 1. The van der Waals surface area contributed by atoms with Gasteiger partial charge in [-0.2, -0.15) is 0 Å². The summed E-state index contributed by atoms with van der Waals surface area (Å²) < 4.78 is 28.7. The molecule has 0 aliphatic rings. The van der Waals surface area contributed by atoms with Gasteiger partial charge in [-0.15, -0.1) is 0 Å². The van der Waals surface area contributed by atoms with E-state index in [1.54, 1.807) is 61.5 Å². The second-order valence-electron chi connectivity index (χ2n) is 7.10. The van der Waals surface area contributed by atoms with Crippen molar-refractivity contribution in [3.05, 3.63) is 76.4 Å². The van der Waals surface area contributed by atoms with Crippen LogP contribution in [0.4, 0.5) is 5.82 Å². The number of halogens is 1. The Balaban J connectivity index is 2.22. The Bertz CT molecular complexity index is 1170. The van der Waals surface area contributed by atoms with Gasteiger partial charge >= 0.3 is 0 Å². The van der Waals surface area contributed by atoms with E-state index in [1.165, 1.54) is 0 Å². The van der Waals surface area contributed by atoms with Gasteiger partial charge in [-0.05, 0) is 57.5 Å². The normalized spacial score (nSPS) is 11.7. The highest BCUT2D eigenvalue weighted by molar-refractivity contribution is 7.91. The molecule has 0 aliphatic heterocycles. The molecule has 0 unspecified atom stereocenters. The summed E-state index contributed by atoms with van der Waals surface area (Å²) >= 11 is 6.16. The molecular weight excluding hydrogens is 408 g/mol. The van der Waals surface area contributed by atoms with Gasteiger partial charge in [0.15, 0.2) is 0 Å². The molecule has 0 fully saturated rings. The lowest BCUT2D eigenvalue weighted by molar-refractivity contribution is 0.102. The lowest BCUT2D eigenvalue weighted by Crippen LogP contribution is -2.19. The minimum absolute atomic E-state index is 0.0602. The maximum atomic E-state index is 13.5. The molecule has 1 N–H and O–H groups in total. The van der Waals surface area contributed by atoms with Crippen LogP contribution < -0.4 is 5.32 Å². The summed E-state index contributed by atoms with van der Waals surface area (Å²) in [6.07, 6.45) is 0. The fourth-order valence-electron chi connectivity index (χ4n) is 3.43. The summed E-state index contributed by atoms with van der Waals surface area (Å²) in [5, 5.41) is 3.12. The minimum Gasteiger partial charge on any atom is -0.328 e. The lowest BCUT2D eigenvalue weighted by Gasteiger charge is -2.17. The molecule has 2 aromatic carbocycles. The number of benzene rings is 2. The molecule has 0 atom stereocenters. The van der Waals surface area contributed by atoms with E-state index in [9.17, 15) is 13.2 Å². The zero-order chi connectivity index (χ0) is 21.3. The van der Waals surface area contributed by atoms with E-state index in [1.807, 2.05) is 25.3 Å². The second-order valence-corrected chi connectivity index (χ2v) is 9.40. The molecule has 7 heteroatoms. The molecule has 0 spiro atoms. The van der Waals surface area contributed by atoms with Crippen molar-refractivity contribution < 1.29 is 13.2 Å². The predicted octanol–water partition coefficient (Wildman–Crippen LogP) is 5.42. The average molecular weight is 431 g/mol. The van der Waals surface area contributed by atoms with Crippen LogP contribution in [0, 0.1) is 13.8 Å². The van der Waals surface area contributed by atoms with E-state index in [4.69, 9.17) is 11.6 Å². The summed E-state index contributed by atoms with van der Waals surface area (Å²) in [7, 11) is -3.84. The summed E-state index contributed by atoms with van der Waals surface area (Å²) in [6.45, 7) is 7.49. The van der Waals surface area contributed by atoms with Gasteiger partial charge < -0.3 is 9.88 Å². The van der Waals surface area contributed by atoms with Crippen LogP contribution in [0.25, 0.3) is 0 Å². The summed E-state index contributed by atoms with van der Waals surface area (Å²) in [4.78, 5) is 13.2. The van der Waals surface area contributed by atoms with Gasteiger partial charge in [-0.25, -0.2) is 8.42 Å². The van der Waals surface area contributed by atoms with Crippen molar-refractivity contribution in [1.29, 1.82) is 0 Å². The number of aromatic nitrogens is 1. The van der Waals surface area contributed by atoms with Gasteiger partial charge in [-0.3, -0.25) is 4.79 Å². The van der Waals surface area contributed by atoms with Crippen LogP contribution in [0.1, 0.15) is 41.5 Å². The van der Waals surface area contributed by atoms with Gasteiger partial charge in [0.2, 0.25) is 9.84 Å². The SMILES string of the molecule is Cc1c(S(=O)(=O)c2ccccc2)c(NC(=O)c2ccccc2Cl)n(C(C)C)c1C. The topological polar surface area (TPSA) is 68.2 Å². The van der Waals surface area contributed by atoms with Crippen LogP contribution >= 0.6 is 11.6 Å². The molecule has 0 saturated heterocycles. The Labute approximate surface area is 176 Å². The molecule has 0 saturated carbocycles. The molecule has 152 valence electrons. The first-order valence-electron chi connectivity index (χ1n) is 9.23. The van der Waals surface area contributed by atoms with Gasteiger partial charge in [0, 0.05) is 11.7 Å². The molecule has 1 aromatic heterocycles. The van der Waals surface area contributed by atoms with E-state index < -0.39 is 15.7 Å². The van der Waals surface area contributed by atoms with Crippen molar-refractivity contribution in [2.75, 3.05) is 5.32 Å². The van der Waals surface area contributed by atoms with Crippen LogP contribution in [0.15, 0.2) is 64.4 Å². The van der Waals surface area contributed by atoms with Crippen LogP contribution in [0.5, 0.6) is 0 Å². The number of carbonyl (C=O) groups is 1. The smallest absolute Gasteiger partial charge is 0.258 e. The molecule has 1 heterocycles. The molecule has 0 radical (unpaired) electrons. The Kier molecular flexibility index (Phi) is 5.87. The molecule has 1 amide bonds. The molecule has 5 nitrogen and oxygen atoms in total. The number of sulfone groups is 1. The van der Waals surface area contributed by atoms with E-state index in [2.05, 4.69) is 5.32 Å². The Morgan fingerprint density at radius 1 is 1.00 bits per heavy atom. The number of amides is 1. The van der Waals surface area contributed by atoms with Crippen molar-refractivity contribution in [2.24, 2.45) is 0 Å². The third kappa shape index (κ3) is 3.82. The Morgan fingerprint density at radius 2 is 1.59 bits per heavy atom. The average Bonchev–Trinajstić information content (AvgIpc) is 2.93. The first kappa shape index (κ1) is 21.1. The van der Waals surface area contributed by atoms with E-state index >= 15 is 0 Å². The highest BCUT2D eigenvalue weighted by Crippen LogP contribution is 2.37. The third-order valence-electron chi connectivity index (χ3n) is 4.89. The molecule has 0 bridgehead atoms. The standard InChI is InChI=1S/C22H23ClN2O3S/c1-14(2)25-16(4)15(3)20(29(27,28)17-10-6-5-7-11-17)21(25)24-22(26)18-12-8-9-13-19(18)23/h5-14H,1-4H3,(H,24,26). The number of carbonyl (C=O) groups excluding carboxylic acids is 1. The van der Waals surface area contributed by atoms with E-state index in [0.29, 0.717) is 10.6 Å². The van der Waals surface area contributed by atoms with E-state index in [-0.39, 0.29) is 27.2 Å². The number of hydrogen-bond acceptors (Lipinski definition) is 3. The highest BCUT2D eigenvalue weighted by atomic mass is 35.5. The maximum Gasteiger partial charge on any atom is 0.258 e. The number of nitrogens with zero attached hydrogens (tertiary/aromatic N) is 1. The summed E-state index contributed by atoms with van der Waals surface area (Å²) in [5.74, 6) is -0.205. The van der Waals surface area contributed by atoms with Crippen molar-refractivity contribution in [1.82, 2.24) is 4.57 Å². The van der Waals surface area contributed by atoms with Gasteiger partial charge in [0.25, 0.3) is 5.91 Å². The fraction of sp³-hybridized carbons (Fsp3) is 0.227. The minimum atomic E-state index is -3.84. The first-order chi connectivity index (χ1) is 13.7. The maximum absolute atomic E-state index is 13.5. The van der Waals surface area contributed by atoms with Crippen molar-refractivity contribution >= 4 is 33.2 Å². The lowest BCUT2D eigenvalue weighted by atomic mass is 10.2. The molecular formula is C22H23ClN2O3S. The van der Waals surface area contributed by atoms with Gasteiger partial charge in [0.1, 0.15) is 10.7 Å². The largest absolute Gasteiger partial charge is 0.328 e. The third-order valence-corrected chi connectivity index (χ3v) is 7.15. The van der Waals surface area contributed by atoms with Crippen LogP contribution in [-0.2, 0) is 9.84 Å². The van der Waals surface area contributed by atoms with Gasteiger partial charge in [0.05, 0.1) is 15.5 Å². The molecule has 29 heavy (non-hydrogen) atoms. The zero-order valence-electron chi connectivity index (χ0n) is 16.7. The van der Waals surface area contributed by atoms with Crippen molar-refractivity contribution in [3.8, 4) is 0 Å². The van der Waals surface area contributed by atoms with Crippen molar-refractivity contribution in [3.63, 3.8) is 0 Å². The summed E-state index contributed by atoms with van der Waals surface area (Å²) in [6, 6.07) is 14.8. The van der Waals surface area contributed by atoms with Crippen LogP contribution in [-0.4, -0.2) is 18.9 Å². The fourth-order valence-corrected chi connectivity index (χ4v) is 5.36. The Hall–Kier alpha value is -2.57. The number of rotatable bonds is 5. The second kappa shape index (κ2) is 8.05. The Morgan fingerprint density at radius 3 is 2.17 bits per heavy atom. The number of nitrogens with one attached hydrogen (secondary N) is 1. The number of anilines is 1. The molecule has 3 aromatic rings. The molecule has 0 aliphatic carbocycles. The van der Waals surface area contributed by atoms with Crippen molar-refractivity contribution in [2.45, 2.75) is 43.5 Å². The predicted molar refractivity (Wildman–Crippen MR) is 116 cm³/mol. The van der Waals surface area contributed by atoms with Gasteiger partial charge in [-0.1, -0.05) is 41.9 Å². The zero-order valence-corrected chi connectivity index (χ0v) is 18.3. The van der Waals surface area contributed by atoms with E-state index in [0.717, 1.165) is 5.69 Å². The highest BCUT2D eigenvalue weighted by Gasteiger charge is 2.31. The monoisotopic (exact) mass is 430 g/mol. The first-order valence-corrected chi connectivity index (χ1v) is 11.1. The summed E-state index contributed by atoms with van der Waals surface area (Å²) in [5.41, 5.74) is 1.67. The van der Waals surface area contributed by atoms with Crippen LogP contribution in [0.3, 0.4) is 0 Å².